The lowest BCUT2D eigenvalue weighted by molar-refractivity contribution is 0.0683. The molecule has 1 aromatic heterocycles. The van der Waals surface area contributed by atoms with Gasteiger partial charge in [-0.3, -0.25) is 14.7 Å². The molecule has 2 amide bonds. The van der Waals surface area contributed by atoms with E-state index in [9.17, 15) is 4.79 Å². The second kappa shape index (κ2) is 8.13. The van der Waals surface area contributed by atoms with Crippen molar-refractivity contribution in [3.63, 3.8) is 0 Å². The quantitative estimate of drug-likeness (QED) is 0.746. The van der Waals surface area contributed by atoms with Gasteiger partial charge in [-0.2, -0.15) is 5.10 Å². The predicted molar refractivity (Wildman–Crippen MR) is 127 cm³/mol. The highest BCUT2D eigenvalue weighted by Crippen LogP contribution is 2.43. The maximum Gasteiger partial charge on any atom is 0.317 e. The van der Waals surface area contributed by atoms with E-state index in [1.54, 1.807) is 0 Å². The number of aryl methyl sites for hydroxylation is 1. The van der Waals surface area contributed by atoms with Crippen LogP contribution < -0.4 is 5.32 Å². The Morgan fingerprint density at radius 1 is 1.21 bits per heavy atom. The average Bonchev–Trinajstić information content (AvgIpc) is 3.56. The van der Waals surface area contributed by atoms with E-state index in [0.717, 1.165) is 88.0 Å². The van der Waals surface area contributed by atoms with E-state index in [1.165, 1.54) is 5.69 Å². The summed E-state index contributed by atoms with van der Waals surface area (Å²) in [6, 6.07) is 2.33. The number of urea groups is 1. The molecule has 0 saturated carbocycles. The third-order valence-electron chi connectivity index (χ3n) is 7.57. The third kappa shape index (κ3) is 3.58. The van der Waals surface area contributed by atoms with Gasteiger partial charge in [0.1, 0.15) is 5.84 Å². The maximum absolute atomic E-state index is 12.4. The largest absolute Gasteiger partial charge is 0.378 e. The van der Waals surface area contributed by atoms with E-state index in [-0.39, 0.29) is 17.5 Å². The number of rotatable bonds is 2. The van der Waals surface area contributed by atoms with Crippen LogP contribution >= 0.6 is 0 Å². The summed E-state index contributed by atoms with van der Waals surface area (Å²) in [5, 5.41) is 7.89. The minimum Gasteiger partial charge on any atom is -0.378 e. The number of morpholine rings is 1. The Hall–Kier alpha value is -2.94. The van der Waals surface area contributed by atoms with Crippen molar-refractivity contribution < 1.29 is 9.53 Å². The number of likely N-dealkylation sites (tertiary alicyclic amines) is 1. The molecule has 174 valence electrons. The van der Waals surface area contributed by atoms with E-state index < -0.39 is 0 Å². The number of carbonyl (C=O) groups excluding carboxylic acids is 1. The Morgan fingerprint density at radius 2 is 2.06 bits per heavy atom. The molecule has 2 saturated heterocycles. The second-order valence-corrected chi connectivity index (χ2v) is 9.52. The van der Waals surface area contributed by atoms with E-state index in [0.29, 0.717) is 6.54 Å². The molecule has 0 aromatic carbocycles. The van der Waals surface area contributed by atoms with Crippen molar-refractivity contribution in [2.75, 3.05) is 45.9 Å². The summed E-state index contributed by atoms with van der Waals surface area (Å²) < 4.78 is 7.64. The zero-order valence-corrected chi connectivity index (χ0v) is 19.2. The van der Waals surface area contributed by atoms with Crippen LogP contribution in [0.4, 0.5) is 4.79 Å². The Morgan fingerprint density at radius 3 is 2.91 bits per heavy atom. The van der Waals surface area contributed by atoms with Crippen LogP contribution in [-0.2, 0) is 16.7 Å². The zero-order valence-electron chi connectivity index (χ0n) is 19.2. The molecular formula is C24H31N7O2. The number of ether oxygens (including phenoxy) is 1. The van der Waals surface area contributed by atoms with E-state index >= 15 is 0 Å². The number of dihydropyridines is 1. The molecule has 5 aliphatic rings. The molecule has 0 bridgehead atoms. The Bertz CT molecular complexity index is 1080. The normalized spacial score (nSPS) is 28.4. The van der Waals surface area contributed by atoms with Crippen LogP contribution in [-0.4, -0.2) is 89.1 Å². The minimum atomic E-state index is 0.0230. The van der Waals surface area contributed by atoms with Crippen molar-refractivity contribution in [2.45, 2.75) is 44.2 Å². The van der Waals surface area contributed by atoms with Crippen molar-refractivity contribution in [1.29, 1.82) is 0 Å². The highest BCUT2D eigenvalue weighted by Gasteiger charge is 2.47. The highest BCUT2D eigenvalue weighted by atomic mass is 16.5. The molecule has 1 spiro atoms. The number of hydrogen-bond donors (Lipinski definition) is 1. The maximum atomic E-state index is 12.4. The van der Waals surface area contributed by atoms with Gasteiger partial charge in [-0.05, 0) is 38.0 Å². The Balaban J connectivity index is 1.21. The van der Waals surface area contributed by atoms with Crippen LogP contribution in [0.2, 0.25) is 0 Å². The van der Waals surface area contributed by atoms with Gasteiger partial charge < -0.3 is 19.9 Å². The number of fused-ring (bicyclic) bond motifs is 3. The number of aliphatic imine (C=N–C) groups is 2. The van der Waals surface area contributed by atoms with Gasteiger partial charge in [0.15, 0.2) is 0 Å². The summed E-state index contributed by atoms with van der Waals surface area (Å²) in [4.78, 5) is 26.4. The Kier molecular flexibility index (Phi) is 5.09. The monoisotopic (exact) mass is 449 g/mol. The van der Waals surface area contributed by atoms with Gasteiger partial charge in [0.25, 0.3) is 0 Å². The number of nitrogens with zero attached hydrogens (tertiary/aromatic N) is 6. The van der Waals surface area contributed by atoms with Gasteiger partial charge in [-0.1, -0.05) is 0 Å². The fraction of sp³-hybridized carbons (Fsp3) is 0.583. The SMILES string of the molecule is CCNC(=O)N1CCC2(CCn3nc(C4=CN=C5C=CC(N6CCOCC6)=NC5C4)cc32)C1. The zero-order chi connectivity index (χ0) is 22.4. The van der Waals surface area contributed by atoms with Crippen molar-refractivity contribution in [3.8, 4) is 0 Å². The average molecular weight is 450 g/mol. The fourth-order valence-corrected chi connectivity index (χ4v) is 5.72. The molecule has 9 heteroatoms. The predicted octanol–water partition coefficient (Wildman–Crippen LogP) is 1.81. The van der Waals surface area contributed by atoms with Crippen LogP contribution in [0, 0.1) is 0 Å². The number of carbonyl (C=O) groups is 1. The lowest BCUT2D eigenvalue weighted by Gasteiger charge is -2.31. The molecule has 2 fully saturated rings. The minimum absolute atomic E-state index is 0.0230. The second-order valence-electron chi connectivity index (χ2n) is 9.52. The first-order valence-electron chi connectivity index (χ1n) is 12.1. The number of aromatic nitrogens is 2. The van der Waals surface area contributed by atoms with Gasteiger partial charge in [0.2, 0.25) is 0 Å². The van der Waals surface area contributed by atoms with Crippen molar-refractivity contribution >= 4 is 23.2 Å². The molecule has 6 rings (SSSR count). The molecule has 1 N–H and O–H groups in total. The number of hydrogen-bond acceptors (Lipinski definition) is 6. The van der Waals surface area contributed by atoms with Crippen molar-refractivity contribution in [3.05, 3.63) is 35.8 Å². The summed E-state index contributed by atoms with van der Waals surface area (Å²) in [6.07, 6.45) is 9.00. The lowest BCUT2D eigenvalue weighted by Crippen LogP contribution is -2.42. The van der Waals surface area contributed by atoms with Crippen molar-refractivity contribution in [2.24, 2.45) is 9.98 Å². The van der Waals surface area contributed by atoms with Crippen LogP contribution in [0.1, 0.15) is 37.6 Å². The summed E-state index contributed by atoms with van der Waals surface area (Å²) in [6.45, 7) is 8.37. The van der Waals surface area contributed by atoms with Gasteiger partial charge in [0, 0.05) is 68.6 Å². The number of nitrogens with one attached hydrogen (secondary N) is 1. The van der Waals surface area contributed by atoms with E-state index in [2.05, 4.69) is 33.1 Å². The van der Waals surface area contributed by atoms with E-state index in [1.807, 2.05) is 18.0 Å². The molecule has 0 radical (unpaired) electrons. The first-order valence-corrected chi connectivity index (χ1v) is 12.1. The van der Waals surface area contributed by atoms with Gasteiger partial charge in [-0.15, -0.1) is 0 Å². The van der Waals surface area contributed by atoms with Crippen LogP contribution in [0.5, 0.6) is 0 Å². The molecule has 2 unspecified atom stereocenters. The molecule has 1 aromatic rings. The summed E-state index contributed by atoms with van der Waals surface area (Å²) in [5.41, 5.74) is 4.45. The fourth-order valence-electron chi connectivity index (χ4n) is 5.72. The lowest BCUT2D eigenvalue weighted by atomic mass is 9.82. The molecule has 33 heavy (non-hydrogen) atoms. The van der Waals surface area contributed by atoms with Gasteiger partial charge in [-0.25, -0.2) is 4.79 Å². The molecule has 6 heterocycles. The van der Waals surface area contributed by atoms with Gasteiger partial charge >= 0.3 is 6.03 Å². The van der Waals surface area contributed by atoms with Crippen molar-refractivity contribution in [1.82, 2.24) is 24.9 Å². The summed E-state index contributed by atoms with van der Waals surface area (Å²) in [7, 11) is 0. The first-order chi connectivity index (χ1) is 16.1. The molecule has 2 atom stereocenters. The molecule has 0 aliphatic carbocycles. The van der Waals surface area contributed by atoms with E-state index in [4.69, 9.17) is 19.8 Å². The van der Waals surface area contributed by atoms with Gasteiger partial charge in [0.05, 0.1) is 30.7 Å². The van der Waals surface area contributed by atoms with Crippen LogP contribution in [0.15, 0.2) is 34.4 Å². The summed E-state index contributed by atoms with van der Waals surface area (Å²) >= 11 is 0. The highest BCUT2D eigenvalue weighted by molar-refractivity contribution is 6.11. The number of amides is 2. The summed E-state index contributed by atoms with van der Waals surface area (Å²) in [5.74, 6) is 1.03. The molecule has 5 aliphatic heterocycles. The number of amidine groups is 1. The Labute approximate surface area is 193 Å². The molecule has 9 nitrogen and oxygen atoms in total. The van der Waals surface area contributed by atoms with Crippen LogP contribution in [0.25, 0.3) is 5.57 Å². The van der Waals surface area contributed by atoms with Crippen LogP contribution in [0.3, 0.4) is 0 Å². The molecular weight excluding hydrogens is 418 g/mol. The first kappa shape index (κ1) is 20.7. The third-order valence-corrected chi connectivity index (χ3v) is 7.57. The smallest absolute Gasteiger partial charge is 0.317 e. The topological polar surface area (TPSA) is 87.4 Å². The standard InChI is InChI=1S/C24H31N7O2/c1-2-25-23(32)30-7-5-24(16-30)6-8-31-21(24)14-19(28-31)17-13-20-18(26-15-17)3-4-22(27-20)29-9-11-33-12-10-29/h3-4,14-15,20H,2,5-13,16H2,1H3,(H,25,32).